The largest absolute Gasteiger partial charge is 0.756 e. The Labute approximate surface area is 206 Å². The van der Waals surface area contributed by atoms with Gasteiger partial charge in [0, 0.05) is 0 Å². The van der Waals surface area contributed by atoms with E-state index in [0.29, 0.717) is 0 Å². The van der Waals surface area contributed by atoms with E-state index >= 15 is 0 Å². The van der Waals surface area contributed by atoms with Crippen molar-refractivity contribution >= 4 is 15.6 Å². The quantitative estimate of drug-likeness (QED) is 0.152. The van der Waals surface area contributed by atoms with Crippen molar-refractivity contribution < 1.29 is 76.8 Å². The zero-order chi connectivity index (χ0) is 27.0. The van der Waals surface area contributed by atoms with Gasteiger partial charge in [-0.3, -0.25) is 9.13 Å². The monoisotopic (exact) mass is 566 g/mol. The van der Waals surface area contributed by atoms with Crippen molar-refractivity contribution in [1.82, 2.24) is 0 Å². The van der Waals surface area contributed by atoms with Crippen LogP contribution in [0.5, 0.6) is 0 Å². The van der Waals surface area contributed by atoms with Crippen LogP contribution >= 0.6 is 15.6 Å². The van der Waals surface area contributed by atoms with Gasteiger partial charge in [-0.1, -0.05) is 0 Å². The van der Waals surface area contributed by atoms with E-state index < -0.39 is 109 Å². The normalized spacial score (nSPS) is 46.6. The van der Waals surface area contributed by atoms with Crippen molar-refractivity contribution in [3.63, 3.8) is 0 Å². The van der Waals surface area contributed by atoms with Crippen LogP contribution in [0.3, 0.4) is 0 Å². The van der Waals surface area contributed by atoms with Crippen LogP contribution in [0.4, 0.5) is 0 Å². The van der Waals surface area contributed by atoms with Crippen LogP contribution < -0.4 is 9.79 Å². The van der Waals surface area contributed by atoms with Gasteiger partial charge in [0.1, 0.15) is 54.9 Å². The van der Waals surface area contributed by atoms with Gasteiger partial charge in [-0.25, -0.2) is 0 Å². The van der Waals surface area contributed by atoms with Gasteiger partial charge in [0.25, 0.3) is 15.6 Å². The number of rotatable bonds is 11. The Hall–Kier alpha value is -0.100. The molecule has 3 fully saturated rings. The summed E-state index contributed by atoms with van der Waals surface area (Å²) in [5.74, 6) is 0. The van der Waals surface area contributed by atoms with E-state index in [1.165, 1.54) is 20.8 Å². The molecule has 0 radical (unpaired) electrons. The molecule has 18 heteroatoms. The van der Waals surface area contributed by atoms with Gasteiger partial charge in [-0.05, 0) is 20.8 Å². The van der Waals surface area contributed by atoms with Gasteiger partial charge >= 0.3 is 0 Å². The molecule has 0 saturated carbocycles. The van der Waals surface area contributed by atoms with Crippen LogP contribution in [0.1, 0.15) is 20.8 Å². The lowest BCUT2D eigenvalue weighted by Gasteiger charge is -2.31. The van der Waals surface area contributed by atoms with E-state index in [9.17, 15) is 39.3 Å². The second-order valence-electron chi connectivity index (χ2n) is 8.91. The Balaban J connectivity index is 1.50. The van der Waals surface area contributed by atoms with Gasteiger partial charge in [0.05, 0.1) is 38.1 Å². The van der Waals surface area contributed by atoms with E-state index in [2.05, 4.69) is 0 Å². The Morgan fingerprint density at radius 3 is 1.44 bits per heavy atom. The summed E-state index contributed by atoms with van der Waals surface area (Å²) in [5.41, 5.74) is 0. The number of aliphatic hydroxyl groups is 5. The summed E-state index contributed by atoms with van der Waals surface area (Å²) in [5, 5.41) is 49.1. The Morgan fingerprint density at radius 1 is 0.667 bits per heavy atom. The van der Waals surface area contributed by atoms with Crippen molar-refractivity contribution in [2.24, 2.45) is 0 Å². The molecule has 3 aliphatic heterocycles. The first-order chi connectivity index (χ1) is 16.7. The molecule has 14 atom stereocenters. The van der Waals surface area contributed by atoms with E-state index in [4.69, 9.17) is 37.4 Å². The molecule has 0 aromatic rings. The molecule has 3 rings (SSSR count). The predicted molar refractivity (Wildman–Crippen MR) is 111 cm³/mol. The van der Waals surface area contributed by atoms with Crippen LogP contribution in [0.15, 0.2) is 0 Å². The topological polar surface area (TPSA) is 246 Å². The van der Waals surface area contributed by atoms with E-state index in [1.807, 2.05) is 0 Å². The molecule has 0 amide bonds. The van der Waals surface area contributed by atoms with Crippen molar-refractivity contribution in [2.45, 2.75) is 94.0 Å². The fraction of sp³-hybridized carbons (Fsp3) is 1.00. The SMILES string of the molecule is CC1OC(COP(=O)([O-])OC2C(C)OC(COP(=O)([O-])OC3C(C)OC(CO)C3O)C2O)C(O)C1O. The standard InChI is InChI=1S/C18H34O16P2/c1-7-13(20)14(21)11(30-7)5-28-35(24,25)34-18-9(3)32-12(16(18)23)6-29-36(26,27)33-17-8(2)31-10(4-19)15(17)22/h7-23H,4-6H2,1-3H3,(H,24,25)(H,26,27)/p-2. The van der Waals surface area contributed by atoms with Crippen LogP contribution in [0.25, 0.3) is 0 Å². The first-order valence-electron chi connectivity index (χ1n) is 11.2. The zero-order valence-corrected chi connectivity index (χ0v) is 21.5. The summed E-state index contributed by atoms with van der Waals surface area (Å²) in [6, 6.07) is 0. The summed E-state index contributed by atoms with van der Waals surface area (Å²) < 4.78 is 59.5. The van der Waals surface area contributed by atoms with Gasteiger partial charge in [0.15, 0.2) is 0 Å². The summed E-state index contributed by atoms with van der Waals surface area (Å²) in [7, 11) is -10.1. The van der Waals surface area contributed by atoms with E-state index in [1.54, 1.807) is 0 Å². The highest BCUT2D eigenvalue weighted by Gasteiger charge is 2.47. The minimum Gasteiger partial charge on any atom is -0.756 e. The second kappa shape index (κ2) is 12.0. The van der Waals surface area contributed by atoms with Gasteiger partial charge in [-0.2, -0.15) is 0 Å². The zero-order valence-electron chi connectivity index (χ0n) is 19.7. The lowest BCUT2D eigenvalue weighted by Crippen LogP contribution is -2.38. The second-order valence-corrected chi connectivity index (χ2v) is 11.6. The molecule has 0 aromatic carbocycles. The van der Waals surface area contributed by atoms with Crippen LogP contribution in [0.2, 0.25) is 0 Å². The molecule has 0 aliphatic carbocycles. The van der Waals surface area contributed by atoms with Gasteiger partial charge in [0.2, 0.25) is 0 Å². The molecule has 0 aromatic heterocycles. The predicted octanol–water partition coefficient (Wildman–Crippen LogP) is -3.48. The molecule has 3 aliphatic rings. The van der Waals surface area contributed by atoms with Gasteiger partial charge < -0.3 is 67.6 Å². The molecule has 14 unspecified atom stereocenters. The Morgan fingerprint density at radius 2 is 1.06 bits per heavy atom. The fourth-order valence-electron chi connectivity index (χ4n) is 4.19. The summed E-state index contributed by atoms with van der Waals surface area (Å²) in [6.45, 7) is 2.31. The van der Waals surface area contributed by atoms with Crippen molar-refractivity contribution in [3.05, 3.63) is 0 Å². The minimum absolute atomic E-state index is 0.556. The van der Waals surface area contributed by atoms with E-state index in [0.717, 1.165) is 0 Å². The van der Waals surface area contributed by atoms with Crippen LogP contribution in [-0.2, 0) is 41.4 Å². The molecule has 212 valence electrons. The maximum atomic E-state index is 12.3. The van der Waals surface area contributed by atoms with Crippen LogP contribution in [-0.4, -0.2) is 119 Å². The first kappa shape index (κ1) is 30.4. The molecular formula is C18H32O16P2-2. The maximum Gasteiger partial charge on any atom is 0.268 e. The third-order valence-corrected chi connectivity index (χ3v) is 8.15. The first-order valence-corrected chi connectivity index (χ1v) is 14.2. The van der Waals surface area contributed by atoms with E-state index in [-0.39, 0.29) is 0 Å². The Bertz CT molecular complexity index is 831. The summed E-state index contributed by atoms with van der Waals surface area (Å²) >= 11 is 0. The summed E-state index contributed by atoms with van der Waals surface area (Å²) in [4.78, 5) is 24.5. The number of hydrogen-bond acceptors (Lipinski definition) is 16. The fourth-order valence-corrected chi connectivity index (χ4v) is 6.16. The third kappa shape index (κ3) is 7.10. The average Bonchev–Trinajstić information content (AvgIpc) is 3.32. The number of aliphatic hydroxyl groups excluding tert-OH is 5. The lowest BCUT2D eigenvalue weighted by molar-refractivity contribution is -0.237. The number of hydrogen-bond donors (Lipinski definition) is 5. The lowest BCUT2D eigenvalue weighted by atomic mass is 10.1. The Kier molecular flexibility index (Phi) is 10.1. The molecule has 16 nitrogen and oxygen atoms in total. The van der Waals surface area contributed by atoms with Crippen molar-refractivity contribution in [2.75, 3.05) is 19.8 Å². The smallest absolute Gasteiger partial charge is 0.268 e. The van der Waals surface area contributed by atoms with Crippen LogP contribution in [0, 0.1) is 0 Å². The molecule has 3 saturated heterocycles. The maximum absolute atomic E-state index is 12.3. The number of ether oxygens (including phenoxy) is 3. The third-order valence-electron chi connectivity index (χ3n) is 6.22. The molecule has 0 spiro atoms. The van der Waals surface area contributed by atoms with Gasteiger partial charge in [-0.15, -0.1) is 0 Å². The van der Waals surface area contributed by atoms with Crippen molar-refractivity contribution in [1.29, 1.82) is 0 Å². The molecule has 3 heterocycles. The molecule has 0 bridgehead atoms. The highest BCUT2D eigenvalue weighted by Crippen LogP contribution is 2.46. The molecule has 5 N–H and O–H groups in total. The molecular weight excluding hydrogens is 534 g/mol. The highest BCUT2D eigenvalue weighted by molar-refractivity contribution is 7.46. The van der Waals surface area contributed by atoms with Crippen molar-refractivity contribution in [3.8, 4) is 0 Å². The minimum atomic E-state index is -5.06. The number of phosphoric ester groups is 2. The molecule has 36 heavy (non-hydrogen) atoms. The average molecular weight is 566 g/mol. The highest BCUT2D eigenvalue weighted by atomic mass is 31.2. The number of phosphoric acid groups is 2. The summed E-state index contributed by atoms with van der Waals surface area (Å²) in [6.07, 6.45) is -14.7.